The first-order valence-electron chi connectivity index (χ1n) is 5.36. The monoisotopic (exact) mass is 240 g/mol. The molecule has 0 spiro atoms. The molecule has 1 aromatic carbocycles. The van der Waals surface area contributed by atoms with Crippen LogP contribution >= 0.6 is 0 Å². The van der Waals surface area contributed by atoms with E-state index in [2.05, 4.69) is 5.32 Å². The highest BCUT2D eigenvalue weighted by Gasteiger charge is 2.16. The minimum absolute atomic E-state index is 0.0433. The summed E-state index contributed by atoms with van der Waals surface area (Å²) >= 11 is 0. The largest absolute Gasteiger partial charge is 0.508 e. The zero-order valence-corrected chi connectivity index (χ0v) is 9.84. The van der Waals surface area contributed by atoms with Crippen LogP contribution in [0.1, 0.15) is 13.8 Å². The molecule has 0 aliphatic heterocycles. The molecule has 0 aliphatic rings. The third-order valence-electron chi connectivity index (χ3n) is 2.15. The highest BCUT2D eigenvalue weighted by atomic mass is 16.6. The summed E-state index contributed by atoms with van der Waals surface area (Å²) in [5.74, 6) is -0.125. The molecular weight excluding hydrogens is 224 g/mol. The van der Waals surface area contributed by atoms with Crippen LogP contribution in [0.25, 0.3) is 0 Å². The Balaban J connectivity index is 2.79. The molecule has 0 fully saturated rings. The van der Waals surface area contributed by atoms with E-state index in [0.29, 0.717) is 18.9 Å². The third-order valence-corrected chi connectivity index (χ3v) is 2.15. The van der Waals surface area contributed by atoms with Gasteiger partial charge >= 0.3 is 0 Å². The summed E-state index contributed by atoms with van der Waals surface area (Å²) < 4.78 is 5.21. The lowest BCUT2D eigenvalue weighted by Gasteiger charge is -2.15. The molecule has 0 radical (unpaired) electrons. The molecule has 94 valence electrons. The molecule has 0 saturated carbocycles. The molecule has 6 heteroatoms. The molecule has 0 amide bonds. The van der Waals surface area contributed by atoms with Crippen LogP contribution in [0.15, 0.2) is 18.2 Å². The lowest BCUT2D eigenvalue weighted by Crippen LogP contribution is -2.22. The van der Waals surface area contributed by atoms with Gasteiger partial charge in [0.15, 0.2) is 0 Å². The molecule has 0 aliphatic carbocycles. The van der Waals surface area contributed by atoms with Gasteiger partial charge in [0.25, 0.3) is 5.69 Å². The van der Waals surface area contributed by atoms with Crippen molar-refractivity contribution in [2.24, 2.45) is 0 Å². The number of hydrogen-bond donors (Lipinski definition) is 2. The average molecular weight is 240 g/mol. The van der Waals surface area contributed by atoms with E-state index in [9.17, 15) is 15.2 Å². The zero-order chi connectivity index (χ0) is 12.8. The first kappa shape index (κ1) is 13.2. The van der Waals surface area contributed by atoms with Crippen LogP contribution in [0.5, 0.6) is 5.75 Å². The van der Waals surface area contributed by atoms with Gasteiger partial charge in [0.1, 0.15) is 11.4 Å². The molecule has 0 aromatic heterocycles. The van der Waals surface area contributed by atoms with Crippen molar-refractivity contribution in [1.82, 2.24) is 0 Å². The van der Waals surface area contributed by atoms with E-state index in [1.165, 1.54) is 12.1 Å². The minimum Gasteiger partial charge on any atom is -0.508 e. The number of aromatic hydroxyl groups is 1. The molecule has 0 saturated heterocycles. The lowest BCUT2D eigenvalue weighted by molar-refractivity contribution is -0.384. The lowest BCUT2D eigenvalue weighted by atomic mass is 10.2. The van der Waals surface area contributed by atoms with Crippen molar-refractivity contribution < 1.29 is 14.8 Å². The predicted octanol–water partition coefficient (Wildman–Crippen LogP) is 2.14. The molecule has 6 nitrogen and oxygen atoms in total. The molecule has 0 bridgehead atoms. The number of nitro groups is 1. The van der Waals surface area contributed by atoms with Crippen molar-refractivity contribution in [2.75, 3.05) is 18.5 Å². The second kappa shape index (κ2) is 6.05. The molecule has 2 N–H and O–H groups in total. The van der Waals surface area contributed by atoms with E-state index in [1.807, 2.05) is 13.8 Å². The molecule has 1 unspecified atom stereocenters. The van der Waals surface area contributed by atoms with Crippen molar-refractivity contribution in [2.45, 2.75) is 19.9 Å². The predicted molar refractivity (Wildman–Crippen MR) is 64.3 cm³/mol. The average Bonchev–Trinajstić information content (AvgIpc) is 2.28. The number of nitro benzene ring substituents is 1. The van der Waals surface area contributed by atoms with Crippen LogP contribution in [0.4, 0.5) is 11.4 Å². The van der Waals surface area contributed by atoms with Gasteiger partial charge in [-0.2, -0.15) is 0 Å². The number of anilines is 1. The summed E-state index contributed by atoms with van der Waals surface area (Å²) in [6, 6.07) is 3.96. The molecule has 17 heavy (non-hydrogen) atoms. The summed E-state index contributed by atoms with van der Waals surface area (Å²) in [6.07, 6.45) is 0. The SMILES string of the molecule is CCOCC(C)Nc1ccc(O)cc1[N+](=O)[O-]. The van der Waals surface area contributed by atoms with Gasteiger partial charge in [-0.25, -0.2) is 0 Å². The second-order valence-corrected chi connectivity index (χ2v) is 3.66. The van der Waals surface area contributed by atoms with Gasteiger partial charge in [0.2, 0.25) is 0 Å². The van der Waals surface area contributed by atoms with E-state index < -0.39 is 4.92 Å². The molecule has 1 atom stereocenters. The van der Waals surface area contributed by atoms with Crippen molar-refractivity contribution >= 4 is 11.4 Å². The van der Waals surface area contributed by atoms with Crippen LogP contribution in [-0.2, 0) is 4.74 Å². The number of nitrogens with zero attached hydrogens (tertiary/aromatic N) is 1. The maximum Gasteiger partial charge on any atom is 0.296 e. The Bertz CT molecular complexity index is 395. The quantitative estimate of drug-likeness (QED) is 0.452. The Labute approximate surface area is 99.4 Å². The summed E-state index contributed by atoms with van der Waals surface area (Å²) in [5, 5.41) is 23.0. The van der Waals surface area contributed by atoms with Gasteiger partial charge < -0.3 is 15.2 Å². The van der Waals surface area contributed by atoms with Crippen LogP contribution < -0.4 is 5.32 Å². The van der Waals surface area contributed by atoms with Gasteiger partial charge in [-0.3, -0.25) is 10.1 Å². The smallest absolute Gasteiger partial charge is 0.296 e. The molecule has 1 rings (SSSR count). The highest BCUT2D eigenvalue weighted by Crippen LogP contribution is 2.28. The Morgan fingerprint density at radius 2 is 2.29 bits per heavy atom. The highest BCUT2D eigenvalue weighted by molar-refractivity contribution is 5.64. The van der Waals surface area contributed by atoms with Crippen molar-refractivity contribution in [3.05, 3.63) is 28.3 Å². The third kappa shape index (κ3) is 3.92. The number of nitrogens with one attached hydrogen (secondary N) is 1. The number of phenols is 1. The summed E-state index contributed by atoms with van der Waals surface area (Å²) in [4.78, 5) is 10.3. The number of rotatable bonds is 6. The van der Waals surface area contributed by atoms with Crippen LogP contribution in [-0.4, -0.2) is 29.3 Å². The Kier molecular flexibility index (Phi) is 4.71. The van der Waals surface area contributed by atoms with Crippen molar-refractivity contribution in [1.29, 1.82) is 0 Å². The van der Waals surface area contributed by atoms with Gasteiger partial charge in [0.05, 0.1) is 17.6 Å². The Morgan fingerprint density at radius 1 is 1.59 bits per heavy atom. The number of ether oxygens (including phenoxy) is 1. The number of phenolic OH excluding ortho intramolecular Hbond substituents is 1. The minimum atomic E-state index is -0.532. The van der Waals surface area contributed by atoms with Gasteiger partial charge in [-0.15, -0.1) is 0 Å². The van der Waals surface area contributed by atoms with E-state index in [1.54, 1.807) is 0 Å². The summed E-state index contributed by atoms with van der Waals surface area (Å²) in [6.45, 7) is 4.82. The van der Waals surface area contributed by atoms with Crippen molar-refractivity contribution in [3.63, 3.8) is 0 Å². The molecule has 0 heterocycles. The maximum absolute atomic E-state index is 10.8. The first-order chi connectivity index (χ1) is 8.04. The fourth-order valence-electron chi connectivity index (χ4n) is 1.39. The van der Waals surface area contributed by atoms with E-state index in [4.69, 9.17) is 4.74 Å². The Hall–Kier alpha value is -1.82. The van der Waals surface area contributed by atoms with Gasteiger partial charge in [-0.05, 0) is 26.0 Å². The maximum atomic E-state index is 10.8. The van der Waals surface area contributed by atoms with E-state index in [-0.39, 0.29) is 17.5 Å². The summed E-state index contributed by atoms with van der Waals surface area (Å²) in [5.41, 5.74) is 0.230. The summed E-state index contributed by atoms with van der Waals surface area (Å²) in [7, 11) is 0. The standard InChI is InChI=1S/C11H16N2O4/c1-3-17-7-8(2)12-10-5-4-9(14)6-11(10)13(15)16/h4-6,8,12,14H,3,7H2,1-2H3. The molecule has 1 aromatic rings. The van der Waals surface area contributed by atoms with Crippen molar-refractivity contribution in [3.8, 4) is 5.75 Å². The fraction of sp³-hybridized carbons (Fsp3) is 0.455. The fourth-order valence-corrected chi connectivity index (χ4v) is 1.39. The van der Waals surface area contributed by atoms with Gasteiger partial charge in [0, 0.05) is 12.6 Å². The van der Waals surface area contributed by atoms with Crippen LogP contribution in [0.2, 0.25) is 0 Å². The number of benzene rings is 1. The zero-order valence-electron chi connectivity index (χ0n) is 9.84. The van der Waals surface area contributed by atoms with Gasteiger partial charge in [-0.1, -0.05) is 0 Å². The number of hydrogen-bond acceptors (Lipinski definition) is 5. The van der Waals surface area contributed by atoms with E-state index >= 15 is 0 Å². The second-order valence-electron chi connectivity index (χ2n) is 3.66. The van der Waals surface area contributed by atoms with Crippen LogP contribution in [0.3, 0.4) is 0 Å². The Morgan fingerprint density at radius 3 is 2.88 bits per heavy atom. The van der Waals surface area contributed by atoms with E-state index in [0.717, 1.165) is 6.07 Å². The topological polar surface area (TPSA) is 84.6 Å². The molecular formula is C11H16N2O4. The first-order valence-corrected chi connectivity index (χ1v) is 5.36. The normalized spacial score (nSPS) is 12.1. The van der Waals surface area contributed by atoms with Crippen LogP contribution in [0, 0.1) is 10.1 Å².